The number of alkyl halides is 1. The van der Waals surface area contributed by atoms with E-state index in [-0.39, 0.29) is 32.8 Å². The number of allylic oxidation sites excluding steroid dienone is 3. The van der Waals surface area contributed by atoms with E-state index in [0.29, 0.717) is 5.33 Å². The van der Waals surface area contributed by atoms with Crippen molar-refractivity contribution in [2.45, 2.75) is 6.92 Å². The number of nitrogens with one attached hydrogen (secondary N) is 1. The third-order valence-corrected chi connectivity index (χ3v) is 3.42. The average molecular weight is 381 g/mol. The largest absolute Gasteiger partial charge is 0.506 e. The first-order valence-corrected chi connectivity index (χ1v) is 7.36. The topological polar surface area (TPSA) is 69.6 Å². The van der Waals surface area contributed by atoms with Crippen LogP contribution in [-0.2, 0) is 0 Å². The third-order valence-electron chi connectivity index (χ3n) is 2.36. The Kier molecular flexibility index (Phi) is 6.39. The first-order valence-electron chi connectivity index (χ1n) is 5.49. The normalized spacial score (nSPS) is 12.9. The number of hydrogen-bond donors (Lipinski definition) is 3. The molecule has 1 rings (SSSR count). The number of aromatic hydroxyl groups is 1. The molecule has 0 bridgehead atoms. The number of carbonyl (C=O) groups is 1. The fourth-order valence-electron chi connectivity index (χ4n) is 1.34. The second-order valence-corrected chi connectivity index (χ2v) is 5.21. The first kappa shape index (κ1) is 16.9. The quantitative estimate of drug-likeness (QED) is 0.418. The summed E-state index contributed by atoms with van der Waals surface area (Å²) in [6.45, 7) is 1.49. The summed E-state index contributed by atoms with van der Waals surface area (Å²) in [5, 5.41) is 22.2. The SMILES string of the molecule is C/C(NC(=O)c1cccc(O)c1Cl)=C(O)\C(Cl)=C/CBr. The molecule has 1 aromatic rings. The number of phenolic OH excluding ortho intramolecular Hbond substituents is 1. The molecule has 1 aromatic carbocycles. The third kappa shape index (κ3) is 4.16. The van der Waals surface area contributed by atoms with Crippen molar-refractivity contribution in [2.24, 2.45) is 0 Å². The molecule has 0 heterocycles. The molecule has 0 aliphatic carbocycles. The Bertz CT molecular complexity index is 585. The van der Waals surface area contributed by atoms with Gasteiger partial charge in [-0.3, -0.25) is 4.79 Å². The lowest BCUT2D eigenvalue weighted by Gasteiger charge is -2.09. The smallest absolute Gasteiger partial charge is 0.257 e. The lowest BCUT2D eigenvalue weighted by molar-refractivity contribution is 0.0964. The number of benzene rings is 1. The van der Waals surface area contributed by atoms with Gasteiger partial charge < -0.3 is 15.5 Å². The van der Waals surface area contributed by atoms with Crippen molar-refractivity contribution in [3.05, 3.63) is 51.3 Å². The summed E-state index contributed by atoms with van der Waals surface area (Å²) in [5.74, 6) is -0.989. The van der Waals surface area contributed by atoms with Gasteiger partial charge in [0, 0.05) is 5.33 Å². The van der Waals surface area contributed by atoms with Gasteiger partial charge in [-0.1, -0.05) is 51.3 Å². The van der Waals surface area contributed by atoms with Crippen molar-refractivity contribution in [1.82, 2.24) is 5.32 Å². The minimum absolute atomic E-state index is 0.0561. The average Bonchev–Trinajstić information content (AvgIpc) is 2.41. The summed E-state index contributed by atoms with van der Waals surface area (Å²) < 4.78 is 0. The number of aliphatic hydroxyl groups is 1. The minimum Gasteiger partial charge on any atom is -0.506 e. The number of aliphatic hydroxyl groups excluding tert-OH is 1. The molecule has 20 heavy (non-hydrogen) atoms. The van der Waals surface area contributed by atoms with E-state index in [1.165, 1.54) is 31.2 Å². The van der Waals surface area contributed by atoms with Crippen LogP contribution in [0.15, 0.2) is 40.8 Å². The number of rotatable bonds is 4. The molecular weight excluding hydrogens is 369 g/mol. The van der Waals surface area contributed by atoms with Gasteiger partial charge in [0.1, 0.15) is 5.75 Å². The molecule has 0 spiro atoms. The number of phenols is 1. The molecule has 0 saturated carbocycles. The van der Waals surface area contributed by atoms with Gasteiger partial charge in [0.15, 0.2) is 5.76 Å². The van der Waals surface area contributed by atoms with Crippen molar-refractivity contribution in [3.63, 3.8) is 0 Å². The van der Waals surface area contributed by atoms with E-state index in [1.54, 1.807) is 0 Å². The van der Waals surface area contributed by atoms with E-state index in [4.69, 9.17) is 23.2 Å². The van der Waals surface area contributed by atoms with Crippen LogP contribution in [0.1, 0.15) is 17.3 Å². The van der Waals surface area contributed by atoms with E-state index in [9.17, 15) is 15.0 Å². The Hall–Kier alpha value is -1.17. The van der Waals surface area contributed by atoms with Gasteiger partial charge in [-0.2, -0.15) is 0 Å². The van der Waals surface area contributed by atoms with Crippen LogP contribution in [-0.4, -0.2) is 21.5 Å². The molecule has 0 aromatic heterocycles. The first-order chi connectivity index (χ1) is 9.38. The van der Waals surface area contributed by atoms with Crippen LogP contribution in [0, 0.1) is 0 Å². The summed E-state index contributed by atoms with van der Waals surface area (Å²) in [6, 6.07) is 4.32. The monoisotopic (exact) mass is 379 g/mol. The second-order valence-electron chi connectivity index (χ2n) is 3.77. The van der Waals surface area contributed by atoms with Crippen LogP contribution in [0.3, 0.4) is 0 Å². The summed E-state index contributed by atoms with van der Waals surface area (Å²) in [5.41, 5.74) is 0.274. The second kappa shape index (κ2) is 7.57. The van der Waals surface area contributed by atoms with Crippen LogP contribution in [0.25, 0.3) is 0 Å². The Balaban J connectivity index is 2.99. The van der Waals surface area contributed by atoms with Crippen molar-refractivity contribution in [3.8, 4) is 5.75 Å². The summed E-state index contributed by atoms with van der Waals surface area (Å²) in [4.78, 5) is 12.0. The van der Waals surface area contributed by atoms with Gasteiger partial charge in [-0.25, -0.2) is 0 Å². The van der Waals surface area contributed by atoms with Crippen molar-refractivity contribution >= 4 is 45.0 Å². The highest BCUT2D eigenvalue weighted by Crippen LogP contribution is 2.26. The predicted octanol–water partition coefficient (Wildman–Crippen LogP) is 4.08. The maximum Gasteiger partial charge on any atom is 0.257 e. The zero-order chi connectivity index (χ0) is 15.3. The molecule has 0 aliphatic heterocycles. The predicted molar refractivity (Wildman–Crippen MR) is 83.6 cm³/mol. The van der Waals surface area contributed by atoms with Crippen LogP contribution in [0.4, 0.5) is 0 Å². The van der Waals surface area contributed by atoms with Gasteiger partial charge in [-0.15, -0.1) is 0 Å². The Labute approximate surface area is 134 Å². The standard InChI is InChI=1S/C13H12BrCl2NO3/c1-7(12(19)9(15)5-6-14)17-13(20)8-3-2-4-10(18)11(8)16/h2-5,18-19H,6H2,1H3,(H,17,20)/b9-5+,12-7-. The maximum absolute atomic E-state index is 12.0. The molecular formula is C13H12BrCl2NO3. The summed E-state index contributed by atoms with van der Waals surface area (Å²) >= 11 is 14.8. The van der Waals surface area contributed by atoms with E-state index in [0.717, 1.165) is 0 Å². The maximum atomic E-state index is 12.0. The molecule has 0 radical (unpaired) electrons. The van der Waals surface area contributed by atoms with Gasteiger partial charge >= 0.3 is 0 Å². The molecule has 3 N–H and O–H groups in total. The molecule has 1 amide bonds. The van der Waals surface area contributed by atoms with Crippen molar-refractivity contribution < 1.29 is 15.0 Å². The van der Waals surface area contributed by atoms with E-state index in [1.807, 2.05) is 0 Å². The molecule has 0 aliphatic rings. The number of amides is 1. The molecule has 0 atom stereocenters. The molecule has 0 unspecified atom stereocenters. The zero-order valence-electron chi connectivity index (χ0n) is 10.5. The molecule has 0 saturated heterocycles. The van der Waals surface area contributed by atoms with Gasteiger partial charge in [0.2, 0.25) is 0 Å². The van der Waals surface area contributed by atoms with Crippen molar-refractivity contribution in [2.75, 3.05) is 5.33 Å². The Morgan fingerprint density at radius 1 is 1.50 bits per heavy atom. The van der Waals surface area contributed by atoms with E-state index < -0.39 is 5.91 Å². The van der Waals surface area contributed by atoms with Gasteiger partial charge in [-0.05, 0) is 19.1 Å². The highest BCUT2D eigenvalue weighted by molar-refractivity contribution is 9.09. The van der Waals surface area contributed by atoms with Crippen LogP contribution >= 0.6 is 39.1 Å². The Morgan fingerprint density at radius 3 is 2.75 bits per heavy atom. The fourth-order valence-corrected chi connectivity index (χ4v) is 2.28. The van der Waals surface area contributed by atoms with Gasteiger partial charge in [0.05, 0.1) is 21.3 Å². The highest BCUT2D eigenvalue weighted by Gasteiger charge is 2.15. The lowest BCUT2D eigenvalue weighted by atomic mass is 10.2. The Morgan fingerprint density at radius 2 is 2.15 bits per heavy atom. The molecule has 4 nitrogen and oxygen atoms in total. The number of carbonyl (C=O) groups excluding carboxylic acids is 1. The number of halogens is 3. The molecule has 108 valence electrons. The van der Waals surface area contributed by atoms with Crippen LogP contribution in [0.5, 0.6) is 5.75 Å². The molecule has 0 fully saturated rings. The summed E-state index contributed by atoms with van der Waals surface area (Å²) in [7, 11) is 0. The van der Waals surface area contributed by atoms with Crippen LogP contribution in [0.2, 0.25) is 5.02 Å². The minimum atomic E-state index is -0.557. The number of hydrogen-bond acceptors (Lipinski definition) is 3. The zero-order valence-corrected chi connectivity index (χ0v) is 13.6. The summed E-state index contributed by atoms with van der Waals surface area (Å²) in [6.07, 6.45) is 1.54. The fraction of sp³-hybridized carbons (Fsp3) is 0.154. The molecule has 7 heteroatoms. The van der Waals surface area contributed by atoms with Crippen molar-refractivity contribution in [1.29, 1.82) is 0 Å². The van der Waals surface area contributed by atoms with E-state index in [2.05, 4.69) is 21.2 Å². The lowest BCUT2D eigenvalue weighted by Crippen LogP contribution is -2.23. The highest BCUT2D eigenvalue weighted by atomic mass is 79.9. The van der Waals surface area contributed by atoms with Gasteiger partial charge in [0.25, 0.3) is 5.91 Å². The van der Waals surface area contributed by atoms with Crippen LogP contribution < -0.4 is 5.32 Å². The van der Waals surface area contributed by atoms with E-state index >= 15 is 0 Å².